The van der Waals surface area contributed by atoms with Gasteiger partial charge < -0.3 is 14.2 Å². The number of carbonyl (C=O) groups excluding carboxylic acids is 1. The Morgan fingerprint density at radius 2 is 1.54 bits per heavy atom. The van der Waals surface area contributed by atoms with E-state index in [0.717, 1.165) is 0 Å². The van der Waals surface area contributed by atoms with Crippen molar-refractivity contribution in [1.82, 2.24) is 0 Å². The first-order valence-electron chi connectivity index (χ1n) is 4.29. The third kappa shape index (κ3) is 4.24. The summed E-state index contributed by atoms with van der Waals surface area (Å²) < 4.78 is 14.9. The van der Waals surface area contributed by atoms with Gasteiger partial charge in [-0.25, -0.2) is 0 Å². The van der Waals surface area contributed by atoms with Crippen LogP contribution >= 0.6 is 0 Å². The fourth-order valence-corrected chi connectivity index (χ4v) is 0.955. The van der Waals surface area contributed by atoms with Crippen LogP contribution in [0, 0.1) is 5.92 Å². The Bertz CT molecular complexity index is 152. The predicted octanol–water partition coefficient (Wildman–Crippen LogP) is 1.19. The average molecular weight is 190 g/mol. The molecule has 0 heterocycles. The zero-order chi connectivity index (χ0) is 10.4. The summed E-state index contributed by atoms with van der Waals surface area (Å²) >= 11 is 0. The molecule has 0 bridgehead atoms. The Hall–Kier alpha value is -0.610. The molecule has 0 amide bonds. The quantitative estimate of drug-likeness (QED) is 0.482. The number of rotatable bonds is 5. The second-order valence-electron chi connectivity index (χ2n) is 3.11. The summed E-state index contributed by atoms with van der Waals surface area (Å²) in [4.78, 5) is 11.3. The highest BCUT2D eigenvalue weighted by atomic mass is 16.7. The Balaban J connectivity index is 4.07. The van der Waals surface area contributed by atoms with E-state index < -0.39 is 12.2 Å². The van der Waals surface area contributed by atoms with Crippen LogP contribution < -0.4 is 0 Å². The van der Waals surface area contributed by atoms with E-state index in [9.17, 15) is 4.79 Å². The molecule has 0 aromatic heterocycles. The van der Waals surface area contributed by atoms with Crippen LogP contribution in [0.15, 0.2) is 0 Å². The molecule has 0 spiro atoms. The molecule has 0 aromatic rings. The van der Waals surface area contributed by atoms with E-state index in [0.29, 0.717) is 0 Å². The van der Waals surface area contributed by atoms with Crippen molar-refractivity contribution in [2.45, 2.75) is 33.2 Å². The minimum atomic E-state index is -0.536. The van der Waals surface area contributed by atoms with Crippen LogP contribution in [0.1, 0.15) is 20.8 Å². The third-order valence-electron chi connectivity index (χ3n) is 1.60. The van der Waals surface area contributed by atoms with Crippen molar-refractivity contribution in [2.24, 2.45) is 5.92 Å². The molecule has 0 rings (SSSR count). The summed E-state index contributed by atoms with van der Waals surface area (Å²) in [5.74, 6) is -0.707. The molecule has 0 aliphatic heterocycles. The maximum absolute atomic E-state index is 11.3. The molecule has 0 aliphatic carbocycles. The standard InChI is InChI=1S/C9H18O4/c1-6(2)13-8(10)7(3)9(11-4)12-5/h6-7,9H,1-5H3. The zero-order valence-corrected chi connectivity index (χ0v) is 8.87. The van der Waals surface area contributed by atoms with Crippen LogP contribution in [0.4, 0.5) is 0 Å². The van der Waals surface area contributed by atoms with Gasteiger partial charge in [-0.2, -0.15) is 0 Å². The first-order valence-corrected chi connectivity index (χ1v) is 4.29. The third-order valence-corrected chi connectivity index (χ3v) is 1.60. The topological polar surface area (TPSA) is 44.8 Å². The maximum atomic E-state index is 11.3. The first-order chi connectivity index (χ1) is 6.02. The molecule has 0 aliphatic rings. The lowest BCUT2D eigenvalue weighted by Gasteiger charge is -2.20. The number of ether oxygens (including phenoxy) is 3. The number of carbonyl (C=O) groups is 1. The maximum Gasteiger partial charge on any atom is 0.314 e. The molecule has 0 saturated heterocycles. The van der Waals surface area contributed by atoms with Crippen molar-refractivity contribution in [3.8, 4) is 0 Å². The van der Waals surface area contributed by atoms with Crippen LogP contribution in [0.2, 0.25) is 0 Å². The molecule has 0 aromatic carbocycles. The largest absolute Gasteiger partial charge is 0.463 e. The molecule has 4 heteroatoms. The van der Waals surface area contributed by atoms with Crippen molar-refractivity contribution in [3.05, 3.63) is 0 Å². The van der Waals surface area contributed by atoms with Gasteiger partial charge in [0.05, 0.1) is 6.10 Å². The normalized spacial score (nSPS) is 13.5. The predicted molar refractivity (Wildman–Crippen MR) is 48.2 cm³/mol. The number of hydrogen-bond acceptors (Lipinski definition) is 4. The summed E-state index contributed by atoms with van der Waals surface area (Å²) in [6.45, 7) is 5.32. The van der Waals surface area contributed by atoms with E-state index in [1.54, 1.807) is 20.8 Å². The zero-order valence-electron chi connectivity index (χ0n) is 8.87. The van der Waals surface area contributed by atoms with E-state index >= 15 is 0 Å². The number of methoxy groups -OCH3 is 2. The van der Waals surface area contributed by atoms with Gasteiger partial charge in [0.1, 0.15) is 5.92 Å². The fourth-order valence-electron chi connectivity index (χ4n) is 0.955. The molecule has 0 fully saturated rings. The first kappa shape index (κ1) is 12.4. The lowest BCUT2D eigenvalue weighted by atomic mass is 10.2. The van der Waals surface area contributed by atoms with Gasteiger partial charge in [0.15, 0.2) is 6.29 Å². The summed E-state index contributed by atoms with van der Waals surface area (Å²) in [5.41, 5.74) is 0. The Morgan fingerprint density at radius 3 is 1.85 bits per heavy atom. The average Bonchev–Trinajstić information content (AvgIpc) is 2.05. The molecular weight excluding hydrogens is 172 g/mol. The van der Waals surface area contributed by atoms with E-state index in [1.807, 2.05) is 0 Å². The van der Waals surface area contributed by atoms with Crippen LogP contribution in [0.5, 0.6) is 0 Å². The van der Waals surface area contributed by atoms with E-state index in [2.05, 4.69) is 0 Å². The van der Waals surface area contributed by atoms with E-state index in [-0.39, 0.29) is 12.1 Å². The van der Waals surface area contributed by atoms with Crippen molar-refractivity contribution in [2.75, 3.05) is 14.2 Å². The summed E-state index contributed by atoms with van der Waals surface area (Å²) in [6, 6.07) is 0. The Kier molecular flexibility index (Phi) is 5.66. The van der Waals surface area contributed by atoms with Gasteiger partial charge in [0.25, 0.3) is 0 Å². The van der Waals surface area contributed by atoms with Gasteiger partial charge in [-0.3, -0.25) is 4.79 Å². The Labute approximate surface area is 79.2 Å². The van der Waals surface area contributed by atoms with Crippen LogP contribution in [-0.4, -0.2) is 32.6 Å². The molecule has 1 atom stereocenters. The minimum absolute atomic E-state index is 0.107. The highest BCUT2D eigenvalue weighted by molar-refractivity contribution is 5.72. The van der Waals surface area contributed by atoms with Crippen LogP contribution in [0.25, 0.3) is 0 Å². The summed E-state index contributed by atoms with van der Waals surface area (Å²) in [6.07, 6.45) is -0.643. The van der Waals surface area contributed by atoms with Gasteiger partial charge in [0.2, 0.25) is 0 Å². The molecule has 0 N–H and O–H groups in total. The van der Waals surface area contributed by atoms with Gasteiger partial charge in [0, 0.05) is 14.2 Å². The summed E-state index contributed by atoms with van der Waals surface area (Å²) in [5, 5.41) is 0. The molecule has 1 unspecified atom stereocenters. The molecule has 78 valence electrons. The van der Waals surface area contributed by atoms with Gasteiger partial charge in [-0.1, -0.05) is 0 Å². The second-order valence-corrected chi connectivity index (χ2v) is 3.11. The van der Waals surface area contributed by atoms with Crippen LogP contribution in [0.3, 0.4) is 0 Å². The van der Waals surface area contributed by atoms with Crippen molar-refractivity contribution in [3.63, 3.8) is 0 Å². The van der Waals surface area contributed by atoms with Crippen molar-refractivity contribution < 1.29 is 19.0 Å². The fraction of sp³-hybridized carbons (Fsp3) is 0.889. The van der Waals surface area contributed by atoms with Gasteiger partial charge >= 0.3 is 5.97 Å². The lowest BCUT2D eigenvalue weighted by Crippen LogP contribution is -2.31. The highest BCUT2D eigenvalue weighted by Crippen LogP contribution is 2.10. The second kappa shape index (κ2) is 5.94. The molecular formula is C9H18O4. The van der Waals surface area contributed by atoms with Gasteiger partial charge in [-0.15, -0.1) is 0 Å². The number of esters is 1. The molecule has 13 heavy (non-hydrogen) atoms. The summed E-state index contributed by atoms with van der Waals surface area (Å²) in [7, 11) is 2.99. The lowest BCUT2D eigenvalue weighted by molar-refractivity contribution is -0.177. The van der Waals surface area contributed by atoms with Crippen molar-refractivity contribution in [1.29, 1.82) is 0 Å². The number of hydrogen-bond donors (Lipinski definition) is 0. The SMILES string of the molecule is COC(OC)C(C)C(=O)OC(C)C. The minimum Gasteiger partial charge on any atom is -0.463 e. The van der Waals surface area contributed by atoms with Crippen LogP contribution in [-0.2, 0) is 19.0 Å². The highest BCUT2D eigenvalue weighted by Gasteiger charge is 2.25. The molecule has 4 nitrogen and oxygen atoms in total. The van der Waals surface area contributed by atoms with E-state index in [4.69, 9.17) is 14.2 Å². The van der Waals surface area contributed by atoms with E-state index in [1.165, 1.54) is 14.2 Å². The molecule has 0 saturated carbocycles. The Morgan fingerprint density at radius 1 is 1.08 bits per heavy atom. The monoisotopic (exact) mass is 190 g/mol. The molecule has 0 radical (unpaired) electrons. The smallest absolute Gasteiger partial charge is 0.314 e. The van der Waals surface area contributed by atoms with Crippen molar-refractivity contribution >= 4 is 5.97 Å². The van der Waals surface area contributed by atoms with Gasteiger partial charge in [-0.05, 0) is 20.8 Å².